The van der Waals surface area contributed by atoms with Gasteiger partial charge in [-0.2, -0.15) is 13.2 Å². The zero-order valence-electron chi connectivity index (χ0n) is 9.79. The van der Waals surface area contributed by atoms with Crippen molar-refractivity contribution in [3.8, 4) is 0 Å². The molecule has 0 saturated carbocycles. The van der Waals surface area contributed by atoms with Crippen LogP contribution in [0.25, 0.3) is 0 Å². The van der Waals surface area contributed by atoms with Crippen LogP contribution < -0.4 is 0 Å². The summed E-state index contributed by atoms with van der Waals surface area (Å²) in [6.45, 7) is 2.31. The Morgan fingerprint density at radius 1 is 1.22 bits per heavy atom. The van der Waals surface area contributed by atoms with Crippen molar-refractivity contribution in [3.05, 3.63) is 35.4 Å². The Labute approximate surface area is 103 Å². The molecule has 0 amide bonds. The van der Waals surface area contributed by atoms with Gasteiger partial charge in [0.25, 0.3) is 0 Å². The van der Waals surface area contributed by atoms with E-state index >= 15 is 0 Å². The molecule has 0 unspecified atom stereocenters. The van der Waals surface area contributed by atoms with Crippen LogP contribution in [0.3, 0.4) is 0 Å². The van der Waals surface area contributed by atoms with Crippen LogP contribution in [0.4, 0.5) is 13.2 Å². The second kappa shape index (κ2) is 6.39. The van der Waals surface area contributed by atoms with Crippen molar-refractivity contribution in [2.24, 2.45) is 0 Å². The van der Waals surface area contributed by atoms with Gasteiger partial charge in [0.1, 0.15) is 6.61 Å². The fourth-order valence-electron chi connectivity index (χ4n) is 1.32. The Bertz CT molecular complexity index is 402. The number of hydrogen-bond acceptors (Lipinski definition) is 3. The summed E-state index contributed by atoms with van der Waals surface area (Å²) >= 11 is 0. The van der Waals surface area contributed by atoms with Crippen LogP contribution in [0.1, 0.15) is 22.8 Å². The SMILES string of the molecule is CCOCCOC(=O)c1ccccc1C(F)(F)F. The quantitative estimate of drug-likeness (QED) is 0.604. The van der Waals surface area contributed by atoms with Gasteiger partial charge < -0.3 is 9.47 Å². The van der Waals surface area contributed by atoms with E-state index in [1.807, 2.05) is 0 Å². The number of carbonyl (C=O) groups excluding carboxylic acids is 1. The van der Waals surface area contributed by atoms with Gasteiger partial charge >= 0.3 is 12.1 Å². The molecule has 1 rings (SSSR count). The molecule has 3 nitrogen and oxygen atoms in total. The third-order valence-corrected chi connectivity index (χ3v) is 2.12. The number of alkyl halides is 3. The zero-order valence-corrected chi connectivity index (χ0v) is 9.79. The summed E-state index contributed by atoms with van der Waals surface area (Å²) in [5.74, 6) is -0.998. The molecule has 0 N–H and O–H groups in total. The molecule has 0 fully saturated rings. The predicted molar refractivity (Wildman–Crippen MR) is 58.2 cm³/mol. The fraction of sp³-hybridized carbons (Fsp3) is 0.417. The van der Waals surface area contributed by atoms with Gasteiger partial charge in [-0.3, -0.25) is 0 Å². The van der Waals surface area contributed by atoms with Crippen molar-refractivity contribution in [1.82, 2.24) is 0 Å². The lowest BCUT2D eigenvalue weighted by molar-refractivity contribution is -0.138. The van der Waals surface area contributed by atoms with Gasteiger partial charge in [-0.25, -0.2) is 4.79 Å². The molecule has 1 aromatic carbocycles. The summed E-state index contributed by atoms with van der Waals surface area (Å²) in [7, 11) is 0. The fourth-order valence-corrected chi connectivity index (χ4v) is 1.32. The molecule has 100 valence electrons. The molecule has 0 spiro atoms. The topological polar surface area (TPSA) is 35.5 Å². The molecule has 0 aliphatic rings. The van der Waals surface area contributed by atoms with Gasteiger partial charge in [0.2, 0.25) is 0 Å². The smallest absolute Gasteiger partial charge is 0.417 e. The van der Waals surface area contributed by atoms with Crippen LogP contribution in [0.15, 0.2) is 24.3 Å². The maximum absolute atomic E-state index is 12.6. The van der Waals surface area contributed by atoms with Gasteiger partial charge in [0, 0.05) is 6.61 Å². The zero-order chi connectivity index (χ0) is 13.6. The van der Waals surface area contributed by atoms with Gasteiger partial charge in [-0.15, -0.1) is 0 Å². The average molecular weight is 262 g/mol. The molecule has 0 aromatic heterocycles. The molecule has 18 heavy (non-hydrogen) atoms. The summed E-state index contributed by atoms with van der Waals surface area (Å²) in [4.78, 5) is 11.5. The van der Waals surface area contributed by atoms with Gasteiger partial charge in [-0.1, -0.05) is 12.1 Å². The Hall–Kier alpha value is -1.56. The molecule has 0 aliphatic carbocycles. The number of hydrogen-bond donors (Lipinski definition) is 0. The minimum Gasteiger partial charge on any atom is -0.460 e. The summed E-state index contributed by atoms with van der Waals surface area (Å²) in [5, 5.41) is 0. The molecule has 0 radical (unpaired) electrons. The lowest BCUT2D eigenvalue weighted by atomic mass is 10.1. The van der Waals surface area contributed by atoms with E-state index in [0.29, 0.717) is 6.61 Å². The van der Waals surface area contributed by atoms with Crippen LogP contribution in [0, 0.1) is 0 Å². The normalized spacial score (nSPS) is 11.3. The number of carbonyl (C=O) groups is 1. The molecular formula is C12H13F3O3. The van der Waals surface area contributed by atoms with E-state index in [0.717, 1.165) is 12.1 Å². The van der Waals surface area contributed by atoms with Gasteiger partial charge in [0.15, 0.2) is 0 Å². The number of halogens is 3. The second-order valence-corrected chi connectivity index (χ2v) is 3.38. The van der Waals surface area contributed by atoms with Crippen molar-refractivity contribution in [2.75, 3.05) is 19.8 Å². The van der Waals surface area contributed by atoms with Crippen molar-refractivity contribution < 1.29 is 27.4 Å². The lowest BCUT2D eigenvalue weighted by Gasteiger charge is -2.11. The van der Waals surface area contributed by atoms with Crippen LogP contribution >= 0.6 is 0 Å². The van der Waals surface area contributed by atoms with Gasteiger partial charge in [-0.05, 0) is 19.1 Å². The third kappa shape index (κ3) is 4.03. The Morgan fingerprint density at radius 2 is 1.89 bits per heavy atom. The predicted octanol–water partition coefficient (Wildman–Crippen LogP) is 2.90. The monoisotopic (exact) mass is 262 g/mol. The first-order chi connectivity index (χ1) is 8.46. The molecule has 0 aliphatic heterocycles. The van der Waals surface area contributed by atoms with Crippen molar-refractivity contribution in [3.63, 3.8) is 0 Å². The van der Waals surface area contributed by atoms with E-state index in [1.54, 1.807) is 6.92 Å². The highest BCUT2D eigenvalue weighted by molar-refractivity contribution is 5.91. The highest BCUT2D eigenvalue weighted by atomic mass is 19.4. The molecule has 6 heteroatoms. The van der Waals surface area contributed by atoms with Crippen molar-refractivity contribution in [1.29, 1.82) is 0 Å². The largest absolute Gasteiger partial charge is 0.460 e. The van der Waals surface area contributed by atoms with E-state index in [1.165, 1.54) is 12.1 Å². The molecular weight excluding hydrogens is 249 g/mol. The van der Waals surface area contributed by atoms with E-state index in [2.05, 4.69) is 0 Å². The van der Waals surface area contributed by atoms with E-state index in [4.69, 9.17) is 9.47 Å². The molecule has 0 heterocycles. The molecule has 1 aromatic rings. The third-order valence-electron chi connectivity index (χ3n) is 2.12. The average Bonchev–Trinajstić information content (AvgIpc) is 2.33. The lowest BCUT2D eigenvalue weighted by Crippen LogP contribution is -2.16. The summed E-state index contributed by atoms with van der Waals surface area (Å²) in [6.07, 6.45) is -4.57. The van der Waals surface area contributed by atoms with E-state index in [-0.39, 0.29) is 13.2 Å². The maximum atomic E-state index is 12.6. The highest BCUT2D eigenvalue weighted by Crippen LogP contribution is 2.32. The Balaban J connectivity index is 2.74. The van der Waals surface area contributed by atoms with Crippen molar-refractivity contribution in [2.45, 2.75) is 13.1 Å². The summed E-state index contributed by atoms with van der Waals surface area (Å²) in [6, 6.07) is 4.51. The summed E-state index contributed by atoms with van der Waals surface area (Å²) < 4.78 is 47.5. The summed E-state index contributed by atoms with van der Waals surface area (Å²) in [5.41, 5.74) is -1.48. The second-order valence-electron chi connectivity index (χ2n) is 3.38. The number of ether oxygens (including phenoxy) is 2. The Morgan fingerprint density at radius 3 is 2.50 bits per heavy atom. The first-order valence-corrected chi connectivity index (χ1v) is 5.38. The van der Waals surface area contributed by atoms with Crippen LogP contribution in [-0.4, -0.2) is 25.8 Å². The maximum Gasteiger partial charge on any atom is 0.417 e. The molecule has 0 bridgehead atoms. The number of esters is 1. The van der Waals surface area contributed by atoms with Gasteiger partial charge in [0.05, 0.1) is 17.7 Å². The van der Waals surface area contributed by atoms with E-state index < -0.39 is 23.3 Å². The van der Waals surface area contributed by atoms with Crippen LogP contribution in [-0.2, 0) is 15.7 Å². The minimum absolute atomic E-state index is 0.0706. The minimum atomic E-state index is -4.57. The molecule has 0 atom stereocenters. The Kier molecular flexibility index (Phi) is 5.15. The number of benzene rings is 1. The first-order valence-electron chi connectivity index (χ1n) is 5.38. The molecule has 0 saturated heterocycles. The standard InChI is InChI=1S/C12H13F3O3/c1-2-17-7-8-18-11(16)9-5-3-4-6-10(9)12(13,14)15/h3-6H,2,7-8H2,1H3. The van der Waals surface area contributed by atoms with Crippen LogP contribution in [0.5, 0.6) is 0 Å². The number of rotatable bonds is 5. The van der Waals surface area contributed by atoms with E-state index in [9.17, 15) is 18.0 Å². The van der Waals surface area contributed by atoms with Crippen LogP contribution in [0.2, 0.25) is 0 Å². The van der Waals surface area contributed by atoms with Crippen molar-refractivity contribution >= 4 is 5.97 Å². The highest BCUT2D eigenvalue weighted by Gasteiger charge is 2.35. The first kappa shape index (κ1) is 14.5.